The zero-order chi connectivity index (χ0) is 21.5. The van der Waals surface area contributed by atoms with E-state index in [4.69, 9.17) is 19.7 Å². The summed E-state index contributed by atoms with van der Waals surface area (Å²) in [6, 6.07) is 7.72. The lowest BCUT2D eigenvalue weighted by Gasteiger charge is -2.44. The van der Waals surface area contributed by atoms with Crippen molar-refractivity contribution in [3.63, 3.8) is 0 Å². The van der Waals surface area contributed by atoms with Crippen molar-refractivity contribution in [3.05, 3.63) is 40.3 Å². The standard InChI is InChI=1S/C22H32N4O4/c1-3-4-12-29-17-21(15-24-25-23)10-5-11-22(14-21)16-26(20(27)30-22)13-18-6-8-19(28-2)9-7-18/h6-9H,3-5,10-17H2,1-2H3. The SMILES string of the molecule is CCCCOCC1(CN=[N+]=[N-])CCCC2(CN(Cc3ccc(OC)cc3)C(=O)O2)C1. The van der Waals surface area contributed by atoms with Crippen molar-refractivity contribution in [2.24, 2.45) is 10.5 Å². The van der Waals surface area contributed by atoms with Crippen LogP contribution in [0.25, 0.3) is 10.4 Å². The number of amides is 1. The average molecular weight is 417 g/mol. The second-order valence-corrected chi connectivity index (χ2v) is 8.58. The van der Waals surface area contributed by atoms with E-state index in [0.29, 0.717) is 39.3 Å². The molecule has 2 aliphatic rings. The van der Waals surface area contributed by atoms with Crippen LogP contribution in [0.2, 0.25) is 0 Å². The highest BCUT2D eigenvalue weighted by atomic mass is 16.6. The molecular weight excluding hydrogens is 384 g/mol. The summed E-state index contributed by atoms with van der Waals surface area (Å²) in [6.45, 7) is 4.78. The highest BCUT2D eigenvalue weighted by Crippen LogP contribution is 2.47. The van der Waals surface area contributed by atoms with E-state index >= 15 is 0 Å². The average Bonchev–Trinajstić information content (AvgIpc) is 3.04. The molecule has 1 aromatic rings. The molecule has 1 amide bonds. The van der Waals surface area contributed by atoms with E-state index in [1.54, 1.807) is 12.0 Å². The van der Waals surface area contributed by atoms with E-state index in [9.17, 15) is 4.79 Å². The van der Waals surface area contributed by atoms with Crippen LogP contribution in [0.1, 0.15) is 51.0 Å². The highest BCUT2D eigenvalue weighted by molar-refractivity contribution is 5.70. The first-order valence-corrected chi connectivity index (χ1v) is 10.7. The molecule has 8 nitrogen and oxygen atoms in total. The molecule has 0 bridgehead atoms. The Morgan fingerprint density at radius 1 is 1.30 bits per heavy atom. The molecule has 1 spiro atoms. The maximum absolute atomic E-state index is 12.7. The molecule has 30 heavy (non-hydrogen) atoms. The van der Waals surface area contributed by atoms with Gasteiger partial charge in [-0.25, -0.2) is 4.79 Å². The number of hydrogen-bond donors (Lipinski definition) is 0. The number of benzene rings is 1. The summed E-state index contributed by atoms with van der Waals surface area (Å²) in [6.07, 6.45) is 5.12. The van der Waals surface area contributed by atoms with Crippen LogP contribution in [0.3, 0.4) is 0 Å². The van der Waals surface area contributed by atoms with Gasteiger partial charge in [0.1, 0.15) is 11.4 Å². The summed E-state index contributed by atoms with van der Waals surface area (Å²) in [7, 11) is 1.63. The summed E-state index contributed by atoms with van der Waals surface area (Å²) >= 11 is 0. The number of rotatable bonds is 10. The number of ether oxygens (including phenoxy) is 3. The third kappa shape index (κ3) is 5.37. The van der Waals surface area contributed by atoms with E-state index in [1.165, 1.54) is 0 Å². The topological polar surface area (TPSA) is 96.8 Å². The van der Waals surface area contributed by atoms with Crippen molar-refractivity contribution in [2.45, 2.75) is 57.6 Å². The number of unbranched alkanes of at least 4 members (excludes halogenated alkanes) is 1. The molecule has 1 saturated heterocycles. The lowest BCUT2D eigenvalue weighted by atomic mass is 9.67. The molecule has 164 valence electrons. The third-order valence-corrected chi connectivity index (χ3v) is 6.13. The van der Waals surface area contributed by atoms with Crippen molar-refractivity contribution < 1.29 is 19.0 Å². The summed E-state index contributed by atoms with van der Waals surface area (Å²) in [5, 5.41) is 3.88. The molecule has 1 aliphatic heterocycles. The first-order chi connectivity index (χ1) is 14.5. The number of hydrogen-bond acceptors (Lipinski definition) is 5. The molecular formula is C22H32N4O4. The van der Waals surface area contributed by atoms with E-state index in [2.05, 4.69) is 16.9 Å². The van der Waals surface area contributed by atoms with Crippen molar-refractivity contribution in [1.82, 2.24) is 4.90 Å². The molecule has 1 aliphatic carbocycles. The normalized spacial score (nSPS) is 25.8. The van der Waals surface area contributed by atoms with Gasteiger partial charge in [-0.05, 0) is 55.3 Å². The molecule has 2 atom stereocenters. The van der Waals surface area contributed by atoms with Gasteiger partial charge >= 0.3 is 6.09 Å². The van der Waals surface area contributed by atoms with E-state index in [1.807, 2.05) is 24.3 Å². The van der Waals surface area contributed by atoms with Crippen LogP contribution in [0.15, 0.2) is 29.4 Å². The first-order valence-electron chi connectivity index (χ1n) is 10.7. The number of nitrogens with zero attached hydrogens (tertiary/aromatic N) is 4. The number of carbonyl (C=O) groups is 1. The lowest BCUT2D eigenvalue weighted by molar-refractivity contribution is -0.0597. The van der Waals surface area contributed by atoms with Gasteiger partial charge in [0.2, 0.25) is 0 Å². The Morgan fingerprint density at radius 2 is 2.10 bits per heavy atom. The van der Waals surface area contributed by atoms with Crippen molar-refractivity contribution in [3.8, 4) is 5.75 Å². The Bertz CT molecular complexity index is 765. The van der Waals surface area contributed by atoms with Gasteiger partial charge < -0.3 is 14.2 Å². The van der Waals surface area contributed by atoms with Gasteiger partial charge in [0, 0.05) is 30.0 Å². The smallest absolute Gasteiger partial charge is 0.410 e. The molecule has 0 aromatic heterocycles. The minimum atomic E-state index is -0.541. The van der Waals surface area contributed by atoms with Gasteiger partial charge in [0.25, 0.3) is 0 Å². The Hall–Kier alpha value is -2.44. The molecule has 8 heteroatoms. The van der Waals surface area contributed by atoms with Gasteiger partial charge in [0.15, 0.2) is 0 Å². The van der Waals surface area contributed by atoms with Crippen LogP contribution in [0.5, 0.6) is 5.75 Å². The Morgan fingerprint density at radius 3 is 2.80 bits per heavy atom. The molecule has 3 rings (SSSR count). The quantitative estimate of drug-likeness (QED) is 0.230. The number of azide groups is 1. The highest BCUT2D eigenvalue weighted by Gasteiger charge is 2.52. The molecule has 0 radical (unpaired) electrons. The first kappa shape index (κ1) is 22.2. The monoisotopic (exact) mass is 416 g/mol. The van der Waals surface area contributed by atoms with Crippen LogP contribution < -0.4 is 4.74 Å². The van der Waals surface area contributed by atoms with Gasteiger partial charge in [-0.15, -0.1) is 0 Å². The molecule has 2 unspecified atom stereocenters. The summed E-state index contributed by atoms with van der Waals surface area (Å²) in [4.78, 5) is 17.4. The Kier molecular flexibility index (Phi) is 7.45. The lowest BCUT2D eigenvalue weighted by Crippen LogP contribution is -2.47. The van der Waals surface area contributed by atoms with Crippen LogP contribution in [0, 0.1) is 5.41 Å². The number of carbonyl (C=O) groups excluding carboxylic acids is 1. The second kappa shape index (κ2) is 10.0. The number of methoxy groups -OCH3 is 1. The molecule has 2 fully saturated rings. The van der Waals surface area contributed by atoms with Crippen molar-refractivity contribution in [2.75, 3.05) is 33.4 Å². The zero-order valence-electron chi connectivity index (χ0n) is 18.0. The predicted molar refractivity (Wildman–Crippen MR) is 113 cm³/mol. The maximum Gasteiger partial charge on any atom is 0.410 e. The van der Waals surface area contributed by atoms with Gasteiger partial charge in [-0.3, -0.25) is 4.90 Å². The summed E-state index contributed by atoms with van der Waals surface area (Å²) in [5.74, 6) is 0.789. The molecule has 0 N–H and O–H groups in total. The van der Waals surface area contributed by atoms with Crippen LogP contribution in [-0.4, -0.2) is 50.0 Å². The predicted octanol–water partition coefficient (Wildman–Crippen LogP) is 5.07. The van der Waals surface area contributed by atoms with Gasteiger partial charge in [0.05, 0.1) is 20.3 Å². The van der Waals surface area contributed by atoms with Crippen molar-refractivity contribution in [1.29, 1.82) is 0 Å². The molecule has 1 heterocycles. The second-order valence-electron chi connectivity index (χ2n) is 8.58. The molecule has 1 aromatic carbocycles. The minimum absolute atomic E-state index is 0.280. The maximum atomic E-state index is 12.7. The summed E-state index contributed by atoms with van der Waals surface area (Å²) < 4.78 is 17.1. The summed E-state index contributed by atoms with van der Waals surface area (Å²) in [5.41, 5.74) is 9.09. The third-order valence-electron chi connectivity index (χ3n) is 6.13. The Labute approximate surface area is 178 Å². The molecule has 1 saturated carbocycles. The van der Waals surface area contributed by atoms with E-state index < -0.39 is 5.60 Å². The van der Waals surface area contributed by atoms with Crippen molar-refractivity contribution >= 4 is 6.09 Å². The van der Waals surface area contributed by atoms with Gasteiger partial charge in [-0.2, -0.15) is 0 Å². The van der Waals surface area contributed by atoms with E-state index in [-0.39, 0.29) is 11.5 Å². The van der Waals surface area contributed by atoms with E-state index in [0.717, 1.165) is 43.4 Å². The van der Waals surface area contributed by atoms with Crippen LogP contribution >= 0.6 is 0 Å². The van der Waals surface area contributed by atoms with Crippen LogP contribution in [0.4, 0.5) is 4.79 Å². The fraction of sp³-hybridized carbons (Fsp3) is 0.682. The van der Waals surface area contributed by atoms with Gasteiger partial charge in [-0.1, -0.05) is 30.6 Å². The fourth-order valence-electron chi connectivity index (χ4n) is 4.65. The zero-order valence-corrected chi connectivity index (χ0v) is 18.0. The minimum Gasteiger partial charge on any atom is -0.497 e. The largest absolute Gasteiger partial charge is 0.497 e. The Balaban J connectivity index is 1.69. The fourth-order valence-corrected chi connectivity index (χ4v) is 4.65. The van der Waals surface area contributed by atoms with Crippen LogP contribution in [-0.2, 0) is 16.0 Å².